The van der Waals surface area contributed by atoms with Crippen LogP contribution in [0.1, 0.15) is 31.6 Å². The number of hydrogen-bond acceptors (Lipinski definition) is 2. The number of benzene rings is 1. The molecule has 2 heteroatoms. The highest BCUT2D eigenvalue weighted by Crippen LogP contribution is 2.18. The summed E-state index contributed by atoms with van der Waals surface area (Å²) in [5.41, 5.74) is 2.64. The molecule has 1 atom stereocenters. The highest BCUT2D eigenvalue weighted by molar-refractivity contribution is 5.51. The molecule has 0 spiro atoms. The first kappa shape index (κ1) is 12.7. The molecule has 0 bridgehead atoms. The zero-order valence-electron chi connectivity index (χ0n) is 11.1. The Hall–Kier alpha value is -1.70. The van der Waals surface area contributed by atoms with Gasteiger partial charge in [-0.15, -0.1) is 0 Å². The summed E-state index contributed by atoms with van der Waals surface area (Å²) in [6.07, 6.45) is 4.93. The molecule has 0 radical (unpaired) electrons. The Morgan fingerprint density at radius 3 is 2.72 bits per heavy atom. The standard InChI is InChI=1S/C16H21NO/c1-3-7-14-8-4-5-10-16(14)17-13(2)12-15-9-6-11-18-15/h4-6,8-11,13,17H,3,7,12H2,1-2H3. The Balaban J connectivity index is 2.00. The number of furan rings is 1. The summed E-state index contributed by atoms with van der Waals surface area (Å²) in [6.45, 7) is 4.40. The van der Waals surface area contributed by atoms with Gasteiger partial charge in [0, 0.05) is 18.2 Å². The van der Waals surface area contributed by atoms with Crippen LogP contribution in [0.2, 0.25) is 0 Å². The molecule has 2 nitrogen and oxygen atoms in total. The molecule has 18 heavy (non-hydrogen) atoms. The summed E-state index contributed by atoms with van der Waals surface area (Å²) >= 11 is 0. The molecular weight excluding hydrogens is 222 g/mol. The first-order valence-electron chi connectivity index (χ1n) is 6.66. The van der Waals surface area contributed by atoms with E-state index in [0.717, 1.165) is 18.6 Å². The minimum atomic E-state index is 0.370. The van der Waals surface area contributed by atoms with Gasteiger partial charge in [0.1, 0.15) is 5.76 Å². The molecule has 1 aromatic carbocycles. The van der Waals surface area contributed by atoms with Gasteiger partial charge in [-0.25, -0.2) is 0 Å². The molecule has 1 unspecified atom stereocenters. The third-order valence-corrected chi connectivity index (χ3v) is 3.03. The molecule has 0 aliphatic heterocycles. The van der Waals surface area contributed by atoms with E-state index in [1.165, 1.54) is 17.7 Å². The highest BCUT2D eigenvalue weighted by atomic mass is 16.3. The summed E-state index contributed by atoms with van der Waals surface area (Å²) in [4.78, 5) is 0. The van der Waals surface area contributed by atoms with Crippen LogP contribution in [0.25, 0.3) is 0 Å². The van der Waals surface area contributed by atoms with Crippen LogP contribution >= 0.6 is 0 Å². The molecule has 1 N–H and O–H groups in total. The third-order valence-electron chi connectivity index (χ3n) is 3.03. The van der Waals surface area contributed by atoms with Crippen LogP contribution in [-0.4, -0.2) is 6.04 Å². The second kappa shape index (κ2) is 6.29. The van der Waals surface area contributed by atoms with Gasteiger partial charge in [0.05, 0.1) is 6.26 Å². The third kappa shape index (κ3) is 3.39. The fourth-order valence-corrected chi connectivity index (χ4v) is 2.20. The second-order valence-corrected chi connectivity index (χ2v) is 4.74. The number of rotatable bonds is 6. The summed E-state index contributed by atoms with van der Waals surface area (Å²) < 4.78 is 5.38. The maximum absolute atomic E-state index is 5.38. The number of para-hydroxylation sites is 1. The normalized spacial score (nSPS) is 12.3. The smallest absolute Gasteiger partial charge is 0.105 e. The van der Waals surface area contributed by atoms with E-state index in [2.05, 4.69) is 43.4 Å². The van der Waals surface area contributed by atoms with Crippen LogP contribution in [-0.2, 0) is 12.8 Å². The molecule has 2 rings (SSSR count). The van der Waals surface area contributed by atoms with E-state index in [0.29, 0.717) is 6.04 Å². The Bertz CT molecular complexity index is 462. The van der Waals surface area contributed by atoms with E-state index < -0.39 is 0 Å². The molecule has 0 fully saturated rings. The first-order chi connectivity index (χ1) is 8.79. The van der Waals surface area contributed by atoms with Gasteiger partial charge in [-0.05, 0) is 37.1 Å². The van der Waals surface area contributed by atoms with Crippen LogP contribution in [0.15, 0.2) is 47.1 Å². The monoisotopic (exact) mass is 243 g/mol. The summed E-state index contributed by atoms with van der Waals surface area (Å²) in [5, 5.41) is 3.57. The minimum Gasteiger partial charge on any atom is -0.469 e. The fourth-order valence-electron chi connectivity index (χ4n) is 2.20. The Morgan fingerprint density at radius 2 is 2.00 bits per heavy atom. The lowest BCUT2D eigenvalue weighted by Crippen LogP contribution is -2.18. The molecule has 0 saturated carbocycles. The van der Waals surface area contributed by atoms with Gasteiger partial charge >= 0.3 is 0 Å². The van der Waals surface area contributed by atoms with Gasteiger partial charge in [-0.2, -0.15) is 0 Å². The van der Waals surface area contributed by atoms with E-state index in [1.807, 2.05) is 12.1 Å². The Kier molecular flexibility index (Phi) is 4.46. The second-order valence-electron chi connectivity index (χ2n) is 4.74. The molecule has 0 amide bonds. The quantitative estimate of drug-likeness (QED) is 0.819. The van der Waals surface area contributed by atoms with E-state index >= 15 is 0 Å². The Morgan fingerprint density at radius 1 is 1.17 bits per heavy atom. The largest absolute Gasteiger partial charge is 0.469 e. The lowest BCUT2D eigenvalue weighted by Gasteiger charge is -2.17. The SMILES string of the molecule is CCCc1ccccc1NC(C)Cc1ccco1. The van der Waals surface area contributed by atoms with Gasteiger partial charge in [0.25, 0.3) is 0 Å². The zero-order valence-corrected chi connectivity index (χ0v) is 11.1. The van der Waals surface area contributed by atoms with Crippen molar-refractivity contribution in [1.82, 2.24) is 0 Å². The van der Waals surface area contributed by atoms with Crippen molar-refractivity contribution in [2.75, 3.05) is 5.32 Å². The molecule has 0 saturated heterocycles. The van der Waals surface area contributed by atoms with E-state index in [9.17, 15) is 0 Å². The molecule has 0 aliphatic carbocycles. The van der Waals surface area contributed by atoms with Crippen molar-refractivity contribution >= 4 is 5.69 Å². The topological polar surface area (TPSA) is 25.2 Å². The van der Waals surface area contributed by atoms with Crippen molar-refractivity contribution in [2.45, 2.75) is 39.2 Å². The lowest BCUT2D eigenvalue weighted by atomic mass is 10.1. The number of anilines is 1. The molecule has 1 heterocycles. The van der Waals surface area contributed by atoms with Crippen molar-refractivity contribution in [3.63, 3.8) is 0 Å². The maximum atomic E-state index is 5.38. The zero-order chi connectivity index (χ0) is 12.8. The average Bonchev–Trinajstić information content (AvgIpc) is 2.84. The molecular formula is C16H21NO. The van der Waals surface area contributed by atoms with E-state index in [4.69, 9.17) is 4.42 Å². The first-order valence-corrected chi connectivity index (χ1v) is 6.66. The van der Waals surface area contributed by atoms with Crippen molar-refractivity contribution in [2.24, 2.45) is 0 Å². The predicted octanol–water partition coefficient (Wildman–Crippen LogP) is 4.28. The maximum Gasteiger partial charge on any atom is 0.105 e. The number of nitrogens with one attached hydrogen (secondary N) is 1. The van der Waals surface area contributed by atoms with Gasteiger partial charge in [0.2, 0.25) is 0 Å². The van der Waals surface area contributed by atoms with Crippen LogP contribution in [0.5, 0.6) is 0 Å². The predicted molar refractivity (Wildman–Crippen MR) is 75.9 cm³/mol. The van der Waals surface area contributed by atoms with Crippen LogP contribution in [0.4, 0.5) is 5.69 Å². The highest BCUT2D eigenvalue weighted by Gasteiger charge is 2.07. The number of hydrogen-bond donors (Lipinski definition) is 1. The van der Waals surface area contributed by atoms with E-state index in [-0.39, 0.29) is 0 Å². The summed E-state index contributed by atoms with van der Waals surface area (Å²) in [6, 6.07) is 12.9. The van der Waals surface area contributed by atoms with Crippen LogP contribution in [0, 0.1) is 0 Å². The van der Waals surface area contributed by atoms with Crippen LogP contribution in [0.3, 0.4) is 0 Å². The molecule has 96 valence electrons. The van der Waals surface area contributed by atoms with Gasteiger partial charge in [0.15, 0.2) is 0 Å². The van der Waals surface area contributed by atoms with Crippen molar-refractivity contribution in [3.05, 3.63) is 54.0 Å². The van der Waals surface area contributed by atoms with Crippen molar-refractivity contribution in [3.8, 4) is 0 Å². The molecule has 0 aliphatic rings. The summed E-state index contributed by atoms with van der Waals surface area (Å²) in [5.74, 6) is 1.03. The van der Waals surface area contributed by atoms with Crippen molar-refractivity contribution in [1.29, 1.82) is 0 Å². The van der Waals surface area contributed by atoms with Crippen LogP contribution < -0.4 is 5.32 Å². The summed E-state index contributed by atoms with van der Waals surface area (Å²) in [7, 11) is 0. The Labute approximate surface area is 109 Å². The van der Waals surface area contributed by atoms with Gasteiger partial charge in [-0.3, -0.25) is 0 Å². The molecule has 1 aromatic heterocycles. The van der Waals surface area contributed by atoms with Crippen molar-refractivity contribution < 1.29 is 4.42 Å². The van der Waals surface area contributed by atoms with Gasteiger partial charge in [-0.1, -0.05) is 31.5 Å². The fraction of sp³-hybridized carbons (Fsp3) is 0.375. The average molecular weight is 243 g/mol. The number of aryl methyl sites for hydroxylation is 1. The molecule has 2 aromatic rings. The van der Waals surface area contributed by atoms with E-state index in [1.54, 1.807) is 6.26 Å². The van der Waals surface area contributed by atoms with Gasteiger partial charge < -0.3 is 9.73 Å². The minimum absolute atomic E-state index is 0.370. The lowest BCUT2D eigenvalue weighted by molar-refractivity contribution is 0.497.